The van der Waals surface area contributed by atoms with E-state index in [1.54, 1.807) is 6.07 Å². The maximum atomic E-state index is 14.1. The number of halogens is 1. The Morgan fingerprint density at radius 3 is 2.43 bits per heavy atom. The van der Waals surface area contributed by atoms with Crippen LogP contribution < -0.4 is 10.5 Å². The number of nitrogens with two attached hydrogens (primary N) is 1. The van der Waals surface area contributed by atoms with Gasteiger partial charge in [0.2, 0.25) is 0 Å². The average Bonchev–Trinajstić information content (AvgIpc) is 2.51. The molecule has 0 aliphatic carbocycles. The Kier molecular flexibility index (Phi) is 5.34. The van der Waals surface area contributed by atoms with Crippen molar-refractivity contribution >= 4 is 0 Å². The molecule has 3 heteroatoms. The lowest BCUT2D eigenvalue weighted by Gasteiger charge is -2.15. The van der Waals surface area contributed by atoms with E-state index in [-0.39, 0.29) is 17.6 Å². The van der Waals surface area contributed by atoms with Crippen molar-refractivity contribution in [2.75, 3.05) is 0 Å². The molecule has 0 aliphatic rings. The zero-order valence-electron chi connectivity index (χ0n) is 12.6. The lowest BCUT2D eigenvalue weighted by molar-refractivity contribution is 0.433. The SMILES string of the molecule is CCc1ccc(Oc2c(F)cccc2CC(N)CC)cc1. The second-order valence-electron chi connectivity index (χ2n) is 5.20. The number of ether oxygens (including phenoxy) is 1. The van der Waals surface area contributed by atoms with Crippen molar-refractivity contribution in [1.82, 2.24) is 0 Å². The quantitative estimate of drug-likeness (QED) is 0.851. The predicted octanol–water partition coefficient (Wildman–Crippen LogP) is 4.46. The van der Waals surface area contributed by atoms with Crippen molar-refractivity contribution in [2.45, 2.75) is 39.2 Å². The van der Waals surface area contributed by atoms with Crippen LogP contribution in [0.2, 0.25) is 0 Å². The van der Waals surface area contributed by atoms with E-state index in [9.17, 15) is 4.39 Å². The molecule has 0 fully saturated rings. The molecule has 2 N–H and O–H groups in total. The fourth-order valence-corrected chi connectivity index (χ4v) is 2.17. The minimum atomic E-state index is -0.352. The van der Waals surface area contributed by atoms with Crippen molar-refractivity contribution < 1.29 is 9.13 Å². The van der Waals surface area contributed by atoms with Crippen LogP contribution in [0.25, 0.3) is 0 Å². The third kappa shape index (κ3) is 4.05. The number of para-hydroxylation sites is 1. The highest BCUT2D eigenvalue weighted by atomic mass is 19.1. The molecule has 21 heavy (non-hydrogen) atoms. The first-order valence-corrected chi connectivity index (χ1v) is 7.43. The molecule has 2 rings (SSSR count). The first kappa shape index (κ1) is 15.5. The zero-order valence-corrected chi connectivity index (χ0v) is 12.6. The summed E-state index contributed by atoms with van der Waals surface area (Å²) in [7, 11) is 0. The van der Waals surface area contributed by atoms with Crippen molar-refractivity contribution in [3.8, 4) is 11.5 Å². The van der Waals surface area contributed by atoms with Crippen molar-refractivity contribution in [3.05, 3.63) is 59.4 Å². The summed E-state index contributed by atoms with van der Waals surface area (Å²) in [5.74, 6) is 0.574. The standard InChI is InChI=1S/C18H22FNO/c1-3-13-8-10-16(11-9-13)21-18-14(12-15(20)4-2)6-5-7-17(18)19/h5-11,15H,3-4,12,20H2,1-2H3. The summed E-state index contributed by atoms with van der Waals surface area (Å²) < 4.78 is 19.8. The molecule has 2 nitrogen and oxygen atoms in total. The van der Waals surface area contributed by atoms with Crippen LogP contribution in [-0.2, 0) is 12.8 Å². The Labute approximate surface area is 125 Å². The fourth-order valence-electron chi connectivity index (χ4n) is 2.17. The number of hydrogen-bond acceptors (Lipinski definition) is 2. The van der Waals surface area contributed by atoms with Gasteiger partial charge in [0.05, 0.1) is 0 Å². The summed E-state index contributed by atoms with van der Waals surface area (Å²) in [5, 5.41) is 0. The van der Waals surface area contributed by atoms with Crippen LogP contribution in [0.1, 0.15) is 31.4 Å². The largest absolute Gasteiger partial charge is 0.454 e. The molecule has 0 aromatic heterocycles. The van der Waals surface area contributed by atoms with Crippen LogP contribution in [0.3, 0.4) is 0 Å². The molecule has 0 heterocycles. The molecule has 2 aromatic carbocycles. The van der Waals surface area contributed by atoms with Crippen molar-refractivity contribution in [1.29, 1.82) is 0 Å². The molecule has 1 unspecified atom stereocenters. The van der Waals surface area contributed by atoms with E-state index < -0.39 is 0 Å². The van der Waals surface area contributed by atoms with Gasteiger partial charge in [-0.15, -0.1) is 0 Å². The zero-order chi connectivity index (χ0) is 15.2. The minimum absolute atomic E-state index is 0.0108. The van der Waals surface area contributed by atoms with Gasteiger partial charge in [0, 0.05) is 6.04 Å². The number of benzene rings is 2. The lowest BCUT2D eigenvalue weighted by atomic mass is 10.0. The first-order chi connectivity index (χ1) is 10.1. The van der Waals surface area contributed by atoms with Gasteiger partial charge in [-0.2, -0.15) is 0 Å². The smallest absolute Gasteiger partial charge is 0.166 e. The Bertz CT molecular complexity index is 580. The fraction of sp³-hybridized carbons (Fsp3) is 0.333. The van der Waals surface area contributed by atoms with E-state index in [2.05, 4.69) is 6.92 Å². The second-order valence-corrected chi connectivity index (χ2v) is 5.20. The highest BCUT2D eigenvalue weighted by molar-refractivity contribution is 5.40. The van der Waals surface area contributed by atoms with Crippen LogP contribution in [0, 0.1) is 5.82 Å². The monoisotopic (exact) mass is 287 g/mol. The van der Waals surface area contributed by atoms with Gasteiger partial charge in [0.15, 0.2) is 11.6 Å². The second kappa shape index (κ2) is 7.23. The molecule has 0 radical (unpaired) electrons. The highest BCUT2D eigenvalue weighted by Crippen LogP contribution is 2.29. The van der Waals surface area contributed by atoms with E-state index in [1.807, 2.05) is 37.3 Å². The molecule has 0 aliphatic heterocycles. The maximum absolute atomic E-state index is 14.1. The summed E-state index contributed by atoms with van der Waals surface area (Å²) >= 11 is 0. The number of hydrogen-bond donors (Lipinski definition) is 1. The summed E-state index contributed by atoms with van der Waals surface area (Å²) in [6, 6.07) is 12.7. The molecule has 0 bridgehead atoms. The Morgan fingerprint density at radius 2 is 1.81 bits per heavy atom. The molecular formula is C18H22FNO. The van der Waals surface area contributed by atoms with E-state index in [1.165, 1.54) is 11.6 Å². The maximum Gasteiger partial charge on any atom is 0.166 e. The van der Waals surface area contributed by atoms with Crippen LogP contribution in [0.4, 0.5) is 4.39 Å². The van der Waals surface area contributed by atoms with Gasteiger partial charge in [0.1, 0.15) is 5.75 Å². The molecule has 0 saturated carbocycles. The Balaban J connectivity index is 2.24. The number of aryl methyl sites for hydroxylation is 1. The number of rotatable bonds is 6. The van der Waals surface area contributed by atoms with E-state index >= 15 is 0 Å². The van der Waals surface area contributed by atoms with Crippen LogP contribution in [0.15, 0.2) is 42.5 Å². The molecule has 0 saturated heterocycles. The summed E-state index contributed by atoms with van der Waals surface area (Å²) in [6.45, 7) is 4.12. The third-order valence-corrected chi connectivity index (χ3v) is 3.61. The topological polar surface area (TPSA) is 35.2 Å². The van der Waals surface area contributed by atoms with Gasteiger partial charge in [-0.25, -0.2) is 4.39 Å². The van der Waals surface area contributed by atoms with Gasteiger partial charge in [-0.3, -0.25) is 0 Å². The molecule has 0 amide bonds. The predicted molar refractivity (Wildman–Crippen MR) is 84.3 cm³/mol. The molecule has 0 spiro atoms. The lowest BCUT2D eigenvalue weighted by Crippen LogP contribution is -2.21. The molecule has 112 valence electrons. The van der Waals surface area contributed by atoms with Gasteiger partial charge in [0.25, 0.3) is 0 Å². The summed E-state index contributed by atoms with van der Waals surface area (Å²) in [4.78, 5) is 0. The molecular weight excluding hydrogens is 265 g/mol. The van der Waals surface area contributed by atoms with Crippen LogP contribution in [0.5, 0.6) is 11.5 Å². The normalized spacial score (nSPS) is 12.2. The third-order valence-electron chi connectivity index (χ3n) is 3.61. The van der Waals surface area contributed by atoms with E-state index in [4.69, 9.17) is 10.5 Å². The van der Waals surface area contributed by atoms with Crippen molar-refractivity contribution in [2.24, 2.45) is 5.73 Å². The Hall–Kier alpha value is -1.87. The molecule has 2 aromatic rings. The Morgan fingerprint density at radius 1 is 1.10 bits per heavy atom. The molecule has 1 atom stereocenters. The van der Waals surface area contributed by atoms with Gasteiger partial charge < -0.3 is 10.5 Å². The average molecular weight is 287 g/mol. The summed E-state index contributed by atoms with van der Waals surface area (Å²) in [6.07, 6.45) is 2.42. The van der Waals surface area contributed by atoms with E-state index in [0.717, 1.165) is 18.4 Å². The van der Waals surface area contributed by atoms with Crippen LogP contribution >= 0.6 is 0 Å². The van der Waals surface area contributed by atoms with Gasteiger partial charge in [-0.05, 0) is 48.6 Å². The van der Waals surface area contributed by atoms with Crippen molar-refractivity contribution in [3.63, 3.8) is 0 Å². The minimum Gasteiger partial charge on any atom is -0.454 e. The van der Waals surface area contributed by atoms with Gasteiger partial charge in [-0.1, -0.05) is 38.1 Å². The highest BCUT2D eigenvalue weighted by Gasteiger charge is 2.13. The van der Waals surface area contributed by atoms with Gasteiger partial charge >= 0.3 is 0 Å². The first-order valence-electron chi connectivity index (χ1n) is 7.43. The summed E-state index contributed by atoms with van der Waals surface area (Å²) in [5.41, 5.74) is 8.01. The van der Waals surface area contributed by atoms with E-state index in [0.29, 0.717) is 12.2 Å². The van der Waals surface area contributed by atoms with Crippen LogP contribution in [-0.4, -0.2) is 6.04 Å².